The number of unbranched alkanes of at least 4 members (excludes halogenated alkanes) is 2. The second kappa shape index (κ2) is 13.3. The van der Waals surface area contributed by atoms with Crippen molar-refractivity contribution in [3.63, 3.8) is 0 Å². The fraction of sp³-hybridized carbons (Fsp3) is 0.357. The molecule has 7 nitrogen and oxygen atoms in total. The van der Waals surface area contributed by atoms with Gasteiger partial charge in [0.2, 0.25) is 0 Å². The molecule has 3 aromatic carbocycles. The molecule has 0 amide bonds. The summed E-state index contributed by atoms with van der Waals surface area (Å²) in [4.78, 5) is 1.12. The number of benzene rings is 3. The average molecular weight is 609 g/mol. The van der Waals surface area contributed by atoms with Crippen molar-refractivity contribution in [2.45, 2.75) is 73.0 Å². The summed E-state index contributed by atoms with van der Waals surface area (Å²) >= 11 is 0. The van der Waals surface area contributed by atoms with Crippen molar-refractivity contribution >= 4 is 40.5 Å². The Morgan fingerprint density at radius 2 is 1.08 bits per heavy atom. The maximum Gasteiger partial charge on any atom is 0.290 e. The minimum absolute atomic E-state index is 0.00447. The molecule has 0 saturated carbocycles. The Balaban J connectivity index is 2.06. The third kappa shape index (κ3) is 8.33. The second-order valence-electron chi connectivity index (χ2n) is 9.32. The maximum atomic E-state index is 14.0. The molecule has 0 bridgehead atoms. The van der Waals surface area contributed by atoms with E-state index in [0.29, 0.717) is 22.0 Å². The normalized spacial score (nSPS) is 14.6. The first kappa shape index (κ1) is 31.2. The molecule has 0 fully saturated rings. The number of nitrogens with zero attached hydrogens (tertiary/aromatic N) is 2. The molecule has 11 heteroatoms. The zero-order valence-corrected chi connectivity index (χ0v) is 26.0. The SMILES string of the molecule is CCCC/S(=N/S(=O)(=O)c1ccc(C)cc1)c1ccc(S(=O)(CCCC)=NS(=O)(=O)c2ccc(C)cc2)cc1. The maximum absolute atomic E-state index is 14.0. The molecule has 212 valence electrons. The van der Waals surface area contributed by atoms with Gasteiger partial charge >= 0.3 is 0 Å². The van der Waals surface area contributed by atoms with Crippen LogP contribution in [0.5, 0.6) is 0 Å². The molecule has 0 aliphatic rings. The molecular weight excluding hydrogens is 573 g/mol. The molecule has 0 saturated heterocycles. The summed E-state index contributed by atoms with van der Waals surface area (Å²) in [5.74, 6) is 0.653. The lowest BCUT2D eigenvalue weighted by Crippen LogP contribution is -2.11. The van der Waals surface area contributed by atoms with Crippen LogP contribution in [0.3, 0.4) is 0 Å². The van der Waals surface area contributed by atoms with Crippen molar-refractivity contribution in [2.75, 3.05) is 11.5 Å². The van der Waals surface area contributed by atoms with Gasteiger partial charge in [0.05, 0.1) is 19.5 Å². The molecule has 0 spiro atoms. The Kier molecular flexibility index (Phi) is 10.7. The van der Waals surface area contributed by atoms with E-state index in [2.05, 4.69) is 7.54 Å². The van der Waals surface area contributed by atoms with Crippen molar-refractivity contribution in [2.24, 2.45) is 7.54 Å². The van der Waals surface area contributed by atoms with Gasteiger partial charge in [-0.1, -0.05) is 72.8 Å². The van der Waals surface area contributed by atoms with Crippen molar-refractivity contribution < 1.29 is 21.0 Å². The van der Waals surface area contributed by atoms with Crippen LogP contribution in [-0.4, -0.2) is 32.6 Å². The van der Waals surface area contributed by atoms with E-state index in [-0.39, 0.29) is 15.5 Å². The lowest BCUT2D eigenvalue weighted by Gasteiger charge is -2.13. The van der Waals surface area contributed by atoms with Gasteiger partial charge in [0.1, 0.15) is 0 Å². The fourth-order valence-corrected chi connectivity index (χ4v) is 11.5. The zero-order valence-electron chi connectivity index (χ0n) is 22.7. The van der Waals surface area contributed by atoms with Crippen LogP contribution in [-0.2, 0) is 40.5 Å². The first-order valence-electron chi connectivity index (χ1n) is 12.8. The first-order chi connectivity index (χ1) is 18.4. The van der Waals surface area contributed by atoms with Gasteiger partial charge in [-0.2, -0.15) is 16.8 Å². The Morgan fingerprint density at radius 1 is 0.615 bits per heavy atom. The van der Waals surface area contributed by atoms with Crippen LogP contribution in [0.2, 0.25) is 0 Å². The summed E-state index contributed by atoms with van der Waals surface area (Å²) in [6.07, 6.45) is 2.93. The molecule has 0 N–H and O–H groups in total. The highest BCUT2D eigenvalue weighted by atomic mass is 32.3. The van der Waals surface area contributed by atoms with Crippen LogP contribution in [0.1, 0.15) is 50.7 Å². The molecule has 0 radical (unpaired) electrons. The molecule has 2 unspecified atom stereocenters. The first-order valence-corrected chi connectivity index (χ1v) is 18.8. The van der Waals surface area contributed by atoms with E-state index >= 15 is 0 Å². The molecule has 0 aliphatic heterocycles. The van der Waals surface area contributed by atoms with Gasteiger partial charge in [-0.05, 0) is 75.2 Å². The van der Waals surface area contributed by atoms with E-state index in [9.17, 15) is 21.0 Å². The molecule has 3 rings (SSSR count). The zero-order chi connectivity index (χ0) is 28.7. The Labute approximate surface area is 236 Å². The number of sulfonamides is 2. The highest BCUT2D eigenvalue weighted by molar-refractivity contribution is 8.03. The third-order valence-corrected chi connectivity index (χ3v) is 14.3. The van der Waals surface area contributed by atoms with Crippen molar-refractivity contribution in [3.8, 4) is 0 Å². The predicted octanol–water partition coefficient (Wildman–Crippen LogP) is 6.67. The number of aryl methyl sites for hydroxylation is 2. The molecule has 0 heterocycles. The topological polar surface area (TPSA) is 110 Å². The van der Waals surface area contributed by atoms with Gasteiger partial charge in [-0.15, -0.1) is 7.54 Å². The van der Waals surface area contributed by atoms with Gasteiger partial charge < -0.3 is 0 Å². The summed E-state index contributed by atoms with van der Waals surface area (Å²) in [6.45, 7) is 7.70. The van der Waals surface area contributed by atoms with E-state index in [4.69, 9.17) is 0 Å². The largest absolute Gasteiger partial charge is 0.290 e. The summed E-state index contributed by atoms with van der Waals surface area (Å²) in [6, 6.07) is 19.5. The van der Waals surface area contributed by atoms with Crippen molar-refractivity contribution in [3.05, 3.63) is 83.9 Å². The lowest BCUT2D eigenvalue weighted by atomic mass is 10.2. The van der Waals surface area contributed by atoms with Crippen LogP contribution in [0.15, 0.2) is 99.9 Å². The Bertz CT molecular complexity index is 1640. The molecule has 3 aromatic rings. The summed E-state index contributed by atoms with van der Waals surface area (Å²) in [7, 11) is -12.3. The van der Waals surface area contributed by atoms with Gasteiger partial charge in [-0.25, -0.2) is 4.21 Å². The highest BCUT2D eigenvalue weighted by Gasteiger charge is 2.21. The Morgan fingerprint density at radius 3 is 1.56 bits per heavy atom. The number of hydrogen-bond donors (Lipinski definition) is 0. The summed E-state index contributed by atoms with van der Waals surface area (Å²) in [5.41, 5.74) is 1.86. The van der Waals surface area contributed by atoms with Crippen LogP contribution in [0.4, 0.5) is 0 Å². The average Bonchev–Trinajstić information content (AvgIpc) is 2.90. The molecule has 39 heavy (non-hydrogen) atoms. The predicted molar refractivity (Wildman–Crippen MR) is 160 cm³/mol. The quantitative estimate of drug-likeness (QED) is 0.228. The minimum Gasteiger partial charge on any atom is -0.244 e. The summed E-state index contributed by atoms with van der Waals surface area (Å²) < 4.78 is 74.5. The van der Waals surface area contributed by atoms with Crippen LogP contribution < -0.4 is 0 Å². The third-order valence-electron chi connectivity index (χ3n) is 5.97. The van der Waals surface area contributed by atoms with Crippen LogP contribution >= 0.6 is 0 Å². The number of rotatable bonds is 12. The van der Waals surface area contributed by atoms with Crippen LogP contribution in [0.25, 0.3) is 0 Å². The van der Waals surface area contributed by atoms with Crippen molar-refractivity contribution in [1.29, 1.82) is 0 Å². The minimum atomic E-state index is -4.16. The standard InChI is InChI=1S/C28H36N2O5S4/c1-5-7-21-36(29-38(32,33)27-15-9-23(3)10-16-27)25-13-19-26(20-14-25)37(31,22-8-6-2)30-39(34,35)28-17-11-24(4)12-18-28/h9-20H,5-8,21-22H2,1-4H3. The van der Waals surface area contributed by atoms with E-state index in [1.807, 2.05) is 27.7 Å². The van der Waals surface area contributed by atoms with Gasteiger partial charge in [0, 0.05) is 21.3 Å². The molecular formula is C28H36N2O5S4. The highest BCUT2D eigenvalue weighted by Crippen LogP contribution is 2.25. The number of hydrogen-bond acceptors (Lipinski definition) is 5. The molecule has 0 aliphatic carbocycles. The molecule has 2 atom stereocenters. The second-order valence-corrected chi connectivity index (χ2v) is 17.1. The van der Waals surface area contributed by atoms with E-state index in [1.165, 1.54) is 12.1 Å². The molecule has 0 aromatic heterocycles. The van der Waals surface area contributed by atoms with E-state index < -0.39 is 40.5 Å². The smallest absolute Gasteiger partial charge is 0.244 e. The fourth-order valence-electron chi connectivity index (χ4n) is 3.61. The lowest BCUT2D eigenvalue weighted by molar-refractivity contribution is 0.596. The monoisotopic (exact) mass is 608 g/mol. The summed E-state index contributed by atoms with van der Waals surface area (Å²) in [5, 5.41) is 0. The Hall–Kier alpha value is -2.34. The van der Waals surface area contributed by atoms with Crippen LogP contribution in [0, 0.1) is 13.8 Å². The van der Waals surface area contributed by atoms with Gasteiger partial charge in [0.15, 0.2) is 0 Å². The van der Waals surface area contributed by atoms with Crippen molar-refractivity contribution in [1.82, 2.24) is 0 Å². The van der Waals surface area contributed by atoms with E-state index in [0.717, 1.165) is 30.4 Å². The van der Waals surface area contributed by atoms with Gasteiger partial charge in [-0.3, -0.25) is 0 Å². The van der Waals surface area contributed by atoms with E-state index in [1.54, 1.807) is 60.7 Å². The van der Waals surface area contributed by atoms with Gasteiger partial charge in [0.25, 0.3) is 20.0 Å².